The standard InChI is InChI=1S/C12H15N3O4S2/c1-4-15(12-14-13-8-20-12)21(16,17)11-7-9(18-2)5-6-10(11)19-3/h5-8H,4H2,1-3H3. The van der Waals surface area contributed by atoms with Gasteiger partial charge >= 0.3 is 0 Å². The lowest BCUT2D eigenvalue weighted by molar-refractivity contribution is 0.392. The predicted molar refractivity (Wildman–Crippen MR) is 79.7 cm³/mol. The van der Waals surface area contributed by atoms with Gasteiger partial charge in [-0.1, -0.05) is 11.3 Å². The molecule has 2 rings (SSSR count). The van der Waals surface area contributed by atoms with Gasteiger partial charge in [0.25, 0.3) is 10.0 Å². The molecule has 0 unspecified atom stereocenters. The molecule has 0 spiro atoms. The number of sulfonamides is 1. The van der Waals surface area contributed by atoms with Crippen molar-refractivity contribution in [1.82, 2.24) is 10.2 Å². The van der Waals surface area contributed by atoms with Gasteiger partial charge in [-0.05, 0) is 19.1 Å². The van der Waals surface area contributed by atoms with E-state index in [0.717, 1.165) is 11.3 Å². The van der Waals surface area contributed by atoms with Crippen LogP contribution < -0.4 is 13.8 Å². The van der Waals surface area contributed by atoms with Crippen molar-refractivity contribution in [3.8, 4) is 11.5 Å². The first-order valence-electron chi connectivity index (χ1n) is 6.05. The topological polar surface area (TPSA) is 81.6 Å². The van der Waals surface area contributed by atoms with Crippen molar-refractivity contribution in [1.29, 1.82) is 0 Å². The Morgan fingerprint density at radius 2 is 2.05 bits per heavy atom. The zero-order chi connectivity index (χ0) is 15.5. The first kappa shape index (κ1) is 15.5. The molecule has 0 aliphatic carbocycles. The number of rotatable bonds is 6. The molecule has 0 aliphatic heterocycles. The first-order chi connectivity index (χ1) is 10.0. The summed E-state index contributed by atoms with van der Waals surface area (Å²) in [6.45, 7) is 1.96. The van der Waals surface area contributed by atoms with Crippen LogP contribution in [0.4, 0.5) is 5.13 Å². The van der Waals surface area contributed by atoms with E-state index >= 15 is 0 Å². The summed E-state index contributed by atoms with van der Waals surface area (Å²) in [6.07, 6.45) is 0. The van der Waals surface area contributed by atoms with Crippen molar-refractivity contribution in [3.63, 3.8) is 0 Å². The lowest BCUT2D eigenvalue weighted by Crippen LogP contribution is -2.31. The number of hydrogen-bond acceptors (Lipinski definition) is 7. The number of benzene rings is 1. The molecule has 7 nitrogen and oxygen atoms in total. The molecule has 0 bridgehead atoms. The van der Waals surface area contributed by atoms with Crippen molar-refractivity contribution < 1.29 is 17.9 Å². The van der Waals surface area contributed by atoms with Crippen molar-refractivity contribution in [2.75, 3.05) is 25.1 Å². The first-order valence-corrected chi connectivity index (χ1v) is 8.37. The highest BCUT2D eigenvalue weighted by Crippen LogP contribution is 2.33. The van der Waals surface area contributed by atoms with Crippen LogP contribution in [0.25, 0.3) is 0 Å². The molecule has 0 N–H and O–H groups in total. The Labute approximate surface area is 127 Å². The van der Waals surface area contributed by atoms with Gasteiger partial charge in [0.05, 0.1) is 14.2 Å². The summed E-state index contributed by atoms with van der Waals surface area (Å²) in [4.78, 5) is 0.0291. The van der Waals surface area contributed by atoms with Gasteiger partial charge in [-0.25, -0.2) is 12.7 Å². The summed E-state index contributed by atoms with van der Waals surface area (Å²) in [7, 11) is -0.922. The van der Waals surface area contributed by atoms with Gasteiger partial charge in [0.1, 0.15) is 21.9 Å². The van der Waals surface area contributed by atoms with Crippen LogP contribution in [0.15, 0.2) is 28.6 Å². The van der Waals surface area contributed by atoms with Crippen LogP contribution in [0.2, 0.25) is 0 Å². The lowest BCUT2D eigenvalue weighted by atomic mass is 10.3. The molecular weight excluding hydrogens is 314 g/mol. The molecule has 1 aromatic heterocycles. The molecule has 0 saturated carbocycles. The molecule has 0 aliphatic rings. The Hall–Kier alpha value is -1.87. The number of ether oxygens (including phenoxy) is 2. The Kier molecular flexibility index (Phi) is 4.63. The molecule has 0 radical (unpaired) electrons. The van der Waals surface area contributed by atoms with E-state index in [1.807, 2.05) is 0 Å². The number of hydrogen-bond donors (Lipinski definition) is 0. The van der Waals surface area contributed by atoms with Crippen molar-refractivity contribution in [3.05, 3.63) is 23.7 Å². The minimum absolute atomic E-state index is 0.0291. The molecule has 21 heavy (non-hydrogen) atoms. The second-order valence-electron chi connectivity index (χ2n) is 3.91. The van der Waals surface area contributed by atoms with Gasteiger partial charge in [0.15, 0.2) is 0 Å². The van der Waals surface area contributed by atoms with Crippen molar-refractivity contribution in [2.24, 2.45) is 0 Å². The van der Waals surface area contributed by atoms with Crippen LogP contribution in [0, 0.1) is 0 Å². The Bertz CT molecular complexity index is 701. The second-order valence-corrected chi connectivity index (χ2v) is 6.55. The lowest BCUT2D eigenvalue weighted by Gasteiger charge is -2.21. The van der Waals surface area contributed by atoms with Gasteiger partial charge in [0.2, 0.25) is 5.13 Å². The third-order valence-electron chi connectivity index (χ3n) is 2.79. The molecule has 2 aromatic rings. The fourth-order valence-electron chi connectivity index (χ4n) is 1.79. The maximum absolute atomic E-state index is 12.8. The van der Waals surface area contributed by atoms with Gasteiger partial charge in [-0.15, -0.1) is 10.2 Å². The summed E-state index contributed by atoms with van der Waals surface area (Å²) in [6, 6.07) is 4.62. The highest BCUT2D eigenvalue weighted by Gasteiger charge is 2.29. The third kappa shape index (κ3) is 2.93. The Morgan fingerprint density at radius 3 is 2.57 bits per heavy atom. The molecule has 0 fully saturated rings. The van der Waals surface area contributed by atoms with Crippen molar-refractivity contribution in [2.45, 2.75) is 11.8 Å². The van der Waals surface area contributed by atoms with Crippen LogP contribution in [0.1, 0.15) is 6.92 Å². The van der Waals surface area contributed by atoms with E-state index in [2.05, 4.69) is 10.2 Å². The van der Waals surface area contributed by atoms with Crippen LogP contribution in [-0.2, 0) is 10.0 Å². The highest BCUT2D eigenvalue weighted by atomic mass is 32.2. The van der Waals surface area contributed by atoms with E-state index in [-0.39, 0.29) is 17.2 Å². The molecular formula is C12H15N3O4S2. The molecule has 114 valence electrons. The van der Waals surface area contributed by atoms with Gasteiger partial charge in [-0.2, -0.15) is 0 Å². The predicted octanol–water partition coefficient (Wildman–Crippen LogP) is 1.77. The summed E-state index contributed by atoms with van der Waals surface area (Å²) in [5.41, 5.74) is 1.48. The average Bonchev–Trinajstić information content (AvgIpc) is 3.01. The van der Waals surface area contributed by atoms with E-state index in [9.17, 15) is 8.42 Å². The number of nitrogens with zero attached hydrogens (tertiary/aromatic N) is 3. The van der Waals surface area contributed by atoms with Crippen LogP contribution in [-0.4, -0.2) is 39.4 Å². The summed E-state index contributed by atoms with van der Waals surface area (Å²) in [5, 5.41) is 7.81. The van der Waals surface area contributed by atoms with Gasteiger partial charge in [-0.3, -0.25) is 0 Å². The van der Waals surface area contributed by atoms with E-state index < -0.39 is 10.0 Å². The summed E-state index contributed by atoms with van der Waals surface area (Å²) in [5.74, 6) is 0.682. The largest absolute Gasteiger partial charge is 0.497 e. The highest BCUT2D eigenvalue weighted by molar-refractivity contribution is 7.93. The molecule has 9 heteroatoms. The normalized spacial score (nSPS) is 11.2. The third-order valence-corrected chi connectivity index (χ3v) is 5.50. The quantitative estimate of drug-likeness (QED) is 0.803. The Morgan fingerprint density at radius 1 is 1.29 bits per heavy atom. The minimum Gasteiger partial charge on any atom is -0.497 e. The number of methoxy groups -OCH3 is 2. The van der Waals surface area contributed by atoms with E-state index in [4.69, 9.17) is 9.47 Å². The maximum atomic E-state index is 12.8. The molecule has 0 atom stereocenters. The van der Waals surface area contributed by atoms with Gasteiger partial charge in [0, 0.05) is 12.6 Å². The van der Waals surface area contributed by atoms with Crippen LogP contribution in [0.3, 0.4) is 0 Å². The monoisotopic (exact) mass is 329 g/mol. The maximum Gasteiger partial charge on any atom is 0.269 e. The fraction of sp³-hybridized carbons (Fsp3) is 0.333. The molecule has 1 aromatic carbocycles. The second kappa shape index (κ2) is 6.27. The zero-order valence-corrected chi connectivity index (χ0v) is 13.4. The molecule has 0 saturated heterocycles. The zero-order valence-electron chi connectivity index (χ0n) is 11.8. The minimum atomic E-state index is -3.81. The Balaban J connectivity index is 2.57. The molecule has 0 amide bonds. The van der Waals surface area contributed by atoms with Gasteiger partial charge < -0.3 is 9.47 Å². The van der Waals surface area contributed by atoms with E-state index in [0.29, 0.717) is 10.9 Å². The van der Waals surface area contributed by atoms with E-state index in [1.54, 1.807) is 19.1 Å². The number of aromatic nitrogens is 2. The fourth-order valence-corrected chi connectivity index (χ4v) is 4.23. The van der Waals surface area contributed by atoms with Crippen molar-refractivity contribution >= 4 is 26.5 Å². The summed E-state index contributed by atoms with van der Waals surface area (Å²) < 4.78 is 37.1. The number of anilines is 1. The average molecular weight is 329 g/mol. The SMILES string of the molecule is CCN(c1nncs1)S(=O)(=O)c1cc(OC)ccc1OC. The van der Waals surface area contributed by atoms with Crippen LogP contribution >= 0.6 is 11.3 Å². The van der Waals surface area contributed by atoms with E-state index in [1.165, 1.54) is 30.1 Å². The molecule has 1 heterocycles. The smallest absolute Gasteiger partial charge is 0.269 e. The van der Waals surface area contributed by atoms with Crippen LogP contribution in [0.5, 0.6) is 11.5 Å². The summed E-state index contributed by atoms with van der Waals surface area (Å²) >= 11 is 1.15.